The molecule has 3 aromatic carbocycles. The smallest absolute Gasteiger partial charge is 0.296 e. The molecule has 0 saturated carbocycles. The number of benzene rings is 3. The Labute approximate surface area is 203 Å². The van der Waals surface area contributed by atoms with Crippen molar-refractivity contribution >= 4 is 27.3 Å². The lowest BCUT2D eigenvalue weighted by molar-refractivity contribution is 0.102. The molecule has 35 heavy (non-hydrogen) atoms. The number of aryl methyl sites for hydroxylation is 2. The Morgan fingerprint density at radius 2 is 1.51 bits per heavy atom. The Morgan fingerprint density at radius 1 is 0.857 bits per heavy atom. The van der Waals surface area contributed by atoms with E-state index in [0.717, 1.165) is 5.56 Å². The van der Waals surface area contributed by atoms with Crippen molar-refractivity contribution in [1.82, 2.24) is 9.36 Å². The predicted octanol–water partition coefficient (Wildman–Crippen LogP) is 4.15. The van der Waals surface area contributed by atoms with Crippen molar-refractivity contribution in [2.75, 3.05) is 10.0 Å². The van der Waals surface area contributed by atoms with Gasteiger partial charge in [0.15, 0.2) is 0 Å². The number of carbonyl (C=O) groups is 1. The average molecular weight is 491 g/mol. The summed E-state index contributed by atoms with van der Waals surface area (Å²) in [6.45, 7) is 5.27. The fraction of sp³-hybridized carbons (Fsp3) is 0.154. The van der Waals surface area contributed by atoms with E-state index < -0.39 is 21.5 Å². The van der Waals surface area contributed by atoms with E-state index in [0.29, 0.717) is 22.6 Å². The zero-order valence-electron chi connectivity index (χ0n) is 19.9. The quantitative estimate of drug-likeness (QED) is 0.424. The fourth-order valence-corrected chi connectivity index (χ4v) is 4.94. The van der Waals surface area contributed by atoms with Crippen LogP contribution in [0.5, 0.6) is 0 Å². The van der Waals surface area contributed by atoms with Gasteiger partial charge in [-0.2, -0.15) is 0 Å². The van der Waals surface area contributed by atoms with Crippen molar-refractivity contribution in [3.63, 3.8) is 0 Å². The molecule has 1 heterocycles. The maximum absolute atomic E-state index is 13.3. The first-order valence-corrected chi connectivity index (χ1v) is 12.4. The largest absolute Gasteiger partial charge is 0.322 e. The van der Waals surface area contributed by atoms with Gasteiger partial charge in [0.25, 0.3) is 21.5 Å². The molecule has 0 bridgehead atoms. The van der Waals surface area contributed by atoms with Gasteiger partial charge in [0.2, 0.25) is 0 Å². The van der Waals surface area contributed by atoms with Crippen molar-refractivity contribution in [1.29, 1.82) is 0 Å². The molecular weight excluding hydrogens is 464 g/mol. The van der Waals surface area contributed by atoms with Gasteiger partial charge in [-0.3, -0.25) is 19.0 Å². The molecule has 1 aromatic heterocycles. The zero-order chi connectivity index (χ0) is 25.3. The number of carbonyl (C=O) groups excluding carboxylic acids is 1. The number of sulfonamides is 1. The molecule has 180 valence electrons. The van der Waals surface area contributed by atoms with E-state index in [4.69, 9.17) is 0 Å². The van der Waals surface area contributed by atoms with E-state index >= 15 is 0 Å². The van der Waals surface area contributed by atoms with Crippen LogP contribution in [0.1, 0.15) is 27.2 Å². The number of nitrogens with zero attached hydrogens (tertiary/aromatic N) is 2. The highest BCUT2D eigenvalue weighted by Gasteiger charge is 2.24. The summed E-state index contributed by atoms with van der Waals surface area (Å²) in [5, 5.41) is 2.83. The van der Waals surface area contributed by atoms with Gasteiger partial charge >= 0.3 is 0 Å². The lowest BCUT2D eigenvalue weighted by Gasteiger charge is -2.12. The first-order chi connectivity index (χ1) is 16.6. The molecule has 0 fully saturated rings. The van der Waals surface area contributed by atoms with Gasteiger partial charge in [-0.15, -0.1) is 0 Å². The van der Waals surface area contributed by atoms with Crippen LogP contribution < -0.4 is 15.6 Å². The van der Waals surface area contributed by atoms with Crippen molar-refractivity contribution in [3.05, 3.63) is 106 Å². The number of hydrogen-bond donors (Lipinski definition) is 2. The van der Waals surface area contributed by atoms with E-state index in [2.05, 4.69) is 10.0 Å². The van der Waals surface area contributed by atoms with Crippen molar-refractivity contribution in [2.24, 2.45) is 7.05 Å². The lowest BCUT2D eigenvalue weighted by Crippen LogP contribution is -2.23. The molecule has 0 aliphatic carbocycles. The summed E-state index contributed by atoms with van der Waals surface area (Å²) in [5.41, 5.74) is 2.89. The summed E-state index contributed by atoms with van der Waals surface area (Å²) >= 11 is 0. The number of aromatic nitrogens is 2. The van der Waals surface area contributed by atoms with Gasteiger partial charge in [-0.25, -0.2) is 13.1 Å². The van der Waals surface area contributed by atoms with Crippen LogP contribution in [0.3, 0.4) is 0 Å². The molecule has 4 rings (SSSR count). The molecular formula is C26H26N4O4S. The Hall–Kier alpha value is -4.11. The molecule has 9 heteroatoms. The van der Waals surface area contributed by atoms with Crippen LogP contribution >= 0.6 is 0 Å². The van der Waals surface area contributed by atoms with Crippen LogP contribution in [0.4, 0.5) is 11.4 Å². The van der Waals surface area contributed by atoms with Crippen LogP contribution in [0.2, 0.25) is 0 Å². The standard InChI is InChI=1S/C26H26N4O4S/c1-17-14-15-21(16-22(17)25(31)27-23-13-9-8-10-18(23)2)35(33,34)28-24-19(3)29(4)30(26(24)32)20-11-6-5-7-12-20/h5-16,28H,1-4H3,(H,27,31). The van der Waals surface area contributed by atoms with Gasteiger partial charge in [0, 0.05) is 18.3 Å². The zero-order valence-corrected chi connectivity index (χ0v) is 20.7. The number of nitrogens with one attached hydrogen (secondary N) is 2. The maximum Gasteiger partial charge on any atom is 0.296 e. The first-order valence-electron chi connectivity index (χ1n) is 10.9. The molecule has 0 unspecified atom stereocenters. The molecule has 0 aliphatic rings. The highest BCUT2D eigenvalue weighted by Crippen LogP contribution is 2.22. The van der Waals surface area contributed by atoms with E-state index in [9.17, 15) is 18.0 Å². The Kier molecular flexibility index (Phi) is 6.36. The number of rotatable bonds is 6. The van der Waals surface area contributed by atoms with Gasteiger partial charge in [0.05, 0.1) is 16.3 Å². The third-order valence-electron chi connectivity index (χ3n) is 5.95. The summed E-state index contributed by atoms with van der Waals surface area (Å²) in [7, 11) is -2.47. The first kappa shape index (κ1) is 24.0. The SMILES string of the molecule is Cc1ccccc1NC(=O)c1cc(S(=O)(=O)Nc2c(C)n(C)n(-c3ccccc3)c2=O)ccc1C. The molecule has 0 spiro atoms. The summed E-state index contributed by atoms with van der Waals surface area (Å²) in [6.07, 6.45) is 0. The second-order valence-electron chi connectivity index (χ2n) is 8.29. The third kappa shape index (κ3) is 4.63. The highest BCUT2D eigenvalue weighted by molar-refractivity contribution is 7.92. The molecule has 0 aliphatic heterocycles. The Balaban J connectivity index is 1.68. The van der Waals surface area contributed by atoms with Crippen molar-refractivity contribution in [3.8, 4) is 5.69 Å². The number of amides is 1. The van der Waals surface area contributed by atoms with Crippen molar-refractivity contribution in [2.45, 2.75) is 25.7 Å². The van der Waals surface area contributed by atoms with E-state index in [1.807, 2.05) is 31.2 Å². The summed E-state index contributed by atoms with van der Waals surface area (Å²) in [5.74, 6) is -0.420. The molecule has 2 N–H and O–H groups in total. The monoisotopic (exact) mass is 490 g/mol. The average Bonchev–Trinajstić information content (AvgIpc) is 3.04. The summed E-state index contributed by atoms with van der Waals surface area (Å²) in [4.78, 5) is 26.0. The van der Waals surface area contributed by atoms with Gasteiger partial charge in [0.1, 0.15) is 5.69 Å². The molecule has 1 amide bonds. The Morgan fingerprint density at radius 3 is 2.20 bits per heavy atom. The number of para-hydroxylation sites is 2. The number of hydrogen-bond acceptors (Lipinski definition) is 4. The fourth-order valence-electron chi connectivity index (χ4n) is 3.79. The Bertz CT molecular complexity index is 1590. The van der Waals surface area contributed by atoms with Gasteiger partial charge in [-0.05, 0) is 62.2 Å². The second-order valence-corrected chi connectivity index (χ2v) is 9.97. The van der Waals surface area contributed by atoms with E-state index in [1.54, 1.807) is 62.0 Å². The molecule has 8 nitrogen and oxygen atoms in total. The van der Waals surface area contributed by atoms with Crippen LogP contribution in [0.25, 0.3) is 5.69 Å². The van der Waals surface area contributed by atoms with Gasteiger partial charge < -0.3 is 5.32 Å². The second kappa shape index (κ2) is 9.27. The minimum atomic E-state index is -4.15. The molecule has 0 atom stereocenters. The lowest BCUT2D eigenvalue weighted by atomic mass is 10.1. The minimum absolute atomic E-state index is 0.0529. The molecule has 0 saturated heterocycles. The number of anilines is 2. The minimum Gasteiger partial charge on any atom is -0.322 e. The molecule has 0 radical (unpaired) electrons. The summed E-state index contributed by atoms with van der Waals surface area (Å²) in [6, 6.07) is 20.6. The highest BCUT2D eigenvalue weighted by atomic mass is 32.2. The molecule has 4 aromatic rings. The van der Waals surface area contributed by atoms with Crippen LogP contribution in [0.15, 0.2) is 82.5 Å². The van der Waals surface area contributed by atoms with Crippen LogP contribution in [0, 0.1) is 20.8 Å². The van der Waals surface area contributed by atoms with Crippen LogP contribution in [-0.2, 0) is 17.1 Å². The predicted molar refractivity (Wildman–Crippen MR) is 137 cm³/mol. The van der Waals surface area contributed by atoms with E-state index in [-0.39, 0.29) is 16.1 Å². The van der Waals surface area contributed by atoms with Crippen molar-refractivity contribution < 1.29 is 13.2 Å². The topological polar surface area (TPSA) is 102 Å². The third-order valence-corrected chi connectivity index (χ3v) is 7.30. The van der Waals surface area contributed by atoms with Crippen LogP contribution in [-0.4, -0.2) is 23.7 Å². The van der Waals surface area contributed by atoms with E-state index in [1.165, 1.54) is 16.8 Å². The van der Waals surface area contributed by atoms with Gasteiger partial charge in [-0.1, -0.05) is 42.5 Å². The normalized spacial score (nSPS) is 11.3. The summed E-state index contributed by atoms with van der Waals surface area (Å²) < 4.78 is 31.9. The maximum atomic E-state index is 13.3.